The fourth-order valence-corrected chi connectivity index (χ4v) is 1.98. The molecule has 97 valence electrons. The molecule has 0 spiro atoms. The van der Waals surface area contributed by atoms with Gasteiger partial charge in [-0.2, -0.15) is 0 Å². The number of hydrogen-bond donors (Lipinski definition) is 1. The molecule has 0 heterocycles. The van der Waals surface area contributed by atoms with Crippen LogP contribution in [0.2, 0.25) is 0 Å². The summed E-state index contributed by atoms with van der Waals surface area (Å²) in [5, 5.41) is 18.9. The van der Waals surface area contributed by atoms with Crippen LogP contribution in [-0.2, 0) is 5.11 Å². The molecule has 2 nitrogen and oxygen atoms in total. The highest BCUT2D eigenvalue weighted by Crippen LogP contribution is 2.12. The number of aliphatic hydroxyl groups excluding tert-OH is 1. The lowest BCUT2D eigenvalue weighted by atomic mass is 10.1. The van der Waals surface area contributed by atoms with Crippen molar-refractivity contribution in [3.8, 4) is 0 Å². The molecule has 0 aliphatic heterocycles. The molecule has 0 aromatic carbocycles. The Morgan fingerprint density at radius 3 is 1.50 bits per heavy atom. The van der Waals surface area contributed by atoms with Gasteiger partial charge in [-0.3, -0.25) is 0 Å². The summed E-state index contributed by atoms with van der Waals surface area (Å²) in [7, 11) is 0. The van der Waals surface area contributed by atoms with E-state index in [1.165, 1.54) is 57.8 Å². The van der Waals surface area contributed by atoms with Crippen LogP contribution < -0.4 is 0 Å². The highest BCUT2D eigenvalue weighted by molar-refractivity contribution is 4.48. The molecule has 0 amide bonds. The summed E-state index contributed by atoms with van der Waals surface area (Å²) in [5.41, 5.74) is 0. The molecule has 0 aromatic rings. The van der Waals surface area contributed by atoms with Crippen molar-refractivity contribution < 1.29 is 10.2 Å². The molecule has 1 radical (unpaired) electrons. The van der Waals surface area contributed by atoms with Crippen molar-refractivity contribution in [2.24, 2.45) is 0 Å². The lowest BCUT2D eigenvalue weighted by Gasteiger charge is -2.03. The molecule has 0 fully saturated rings. The summed E-state index contributed by atoms with van der Waals surface area (Å²) < 4.78 is 0. The van der Waals surface area contributed by atoms with Gasteiger partial charge < -0.3 is 5.11 Å². The van der Waals surface area contributed by atoms with Gasteiger partial charge in [-0.15, -0.1) is 0 Å². The minimum absolute atomic E-state index is 0.428. The molecule has 1 unspecified atom stereocenters. The molecule has 0 bridgehead atoms. The van der Waals surface area contributed by atoms with Crippen molar-refractivity contribution >= 4 is 0 Å². The minimum Gasteiger partial charge on any atom is -0.366 e. The summed E-state index contributed by atoms with van der Waals surface area (Å²) in [4.78, 5) is 0. The van der Waals surface area contributed by atoms with E-state index in [1.54, 1.807) is 0 Å². The molecule has 1 N–H and O–H groups in total. The van der Waals surface area contributed by atoms with Gasteiger partial charge in [0.1, 0.15) is 0 Å². The van der Waals surface area contributed by atoms with Crippen molar-refractivity contribution in [2.75, 3.05) is 0 Å². The highest BCUT2D eigenvalue weighted by atomic mass is 16.5. The second-order valence-corrected chi connectivity index (χ2v) is 4.78. The van der Waals surface area contributed by atoms with Gasteiger partial charge in [0.2, 0.25) is 0 Å². The van der Waals surface area contributed by atoms with Crippen LogP contribution in [-0.4, -0.2) is 11.4 Å². The van der Waals surface area contributed by atoms with Gasteiger partial charge in [-0.1, -0.05) is 71.1 Å². The summed E-state index contributed by atoms with van der Waals surface area (Å²) in [6, 6.07) is 0. The van der Waals surface area contributed by atoms with Gasteiger partial charge in [0, 0.05) is 6.42 Å². The molecule has 0 saturated carbocycles. The molecular formula is C14H29O2. The maximum absolute atomic E-state index is 10.3. The van der Waals surface area contributed by atoms with E-state index in [2.05, 4.69) is 6.92 Å². The van der Waals surface area contributed by atoms with E-state index in [4.69, 9.17) is 5.11 Å². The average molecular weight is 229 g/mol. The van der Waals surface area contributed by atoms with Gasteiger partial charge in [0.15, 0.2) is 6.29 Å². The number of unbranched alkanes of at least 4 members (excludes halogenated alkanes) is 10. The summed E-state index contributed by atoms with van der Waals surface area (Å²) in [6.45, 7) is 2.25. The molecule has 16 heavy (non-hydrogen) atoms. The topological polar surface area (TPSA) is 40.1 Å². The second-order valence-electron chi connectivity index (χ2n) is 4.78. The Balaban J connectivity index is 2.88. The van der Waals surface area contributed by atoms with Crippen molar-refractivity contribution in [1.82, 2.24) is 0 Å². The van der Waals surface area contributed by atoms with Gasteiger partial charge >= 0.3 is 0 Å². The number of hydrogen-bond acceptors (Lipinski definition) is 1. The Hall–Kier alpha value is -0.0800. The predicted octanol–water partition coefficient (Wildman–Crippen LogP) is 4.44. The third-order valence-corrected chi connectivity index (χ3v) is 3.05. The maximum atomic E-state index is 10.3. The first-order valence-corrected chi connectivity index (χ1v) is 7.11. The van der Waals surface area contributed by atoms with E-state index < -0.39 is 6.29 Å². The van der Waals surface area contributed by atoms with Crippen LogP contribution in [0.5, 0.6) is 0 Å². The Morgan fingerprint density at radius 2 is 1.12 bits per heavy atom. The van der Waals surface area contributed by atoms with Crippen LogP contribution in [0.15, 0.2) is 0 Å². The molecule has 0 rings (SSSR count). The van der Waals surface area contributed by atoms with E-state index in [0.717, 1.165) is 12.8 Å². The average Bonchev–Trinajstić information content (AvgIpc) is 2.25. The van der Waals surface area contributed by atoms with Gasteiger partial charge in [-0.25, -0.2) is 5.11 Å². The first kappa shape index (κ1) is 15.9. The molecule has 0 aliphatic rings. The summed E-state index contributed by atoms with van der Waals surface area (Å²) in [5.74, 6) is 0. The van der Waals surface area contributed by atoms with Crippen LogP contribution in [0.1, 0.15) is 84.0 Å². The van der Waals surface area contributed by atoms with E-state index in [1.807, 2.05) is 0 Å². The number of rotatable bonds is 12. The molecule has 0 saturated heterocycles. The Morgan fingerprint density at radius 1 is 0.750 bits per heavy atom. The Labute approximate surface area is 101 Å². The zero-order valence-electron chi connectivity index (χ0n) is 10.9. The molecule has 1 atom stereocenters. The smallest absolute Gasteiger partial charge is 0.188 e. The maximum Gasteiger partial charge on any atom is 0.188 e. The van der Waals surface area contributed by atoms with Crippen LogP contribution in [0.3, 0.4) is 0 Å². The number of aliphatic hydroxyl groups is 1. The lowest BCUT2D eigenvalue weighted by molar-refractivity contribution is -0.0968. The van der Waals surface area contributed by atoms with Crippen LogP contribution in [0, 0.1) is 0 Å². The fourth-order valence-electron chi connectivity index (χ4n) is 1.98. The zero-order chi connectivity index (χ0) is 12.1. The third kappa shape index (κ3) is 13.9. The minimum atomic E-state index is -1.35. The Bertz CT molecular complexity index is 124. The second kappa shape index (κ2) is 13.0. The third-order valence-electron chi connectivity index (χ3n) is 3.05. The van der Waals surface area contributed by atoms with Crippen molar-refractivity contribution in [3.63, 3.8) is 0 Å². The monoisotopic (exact) mass is 229 g/mol. The molecule has 0 aliphatic carbocycles. The van der Waals surface area contributed by atoms with Gasteiger partial charge in [-0.05, 0) is 6.42 Å². The summed E-state index contributed by atoms with van der Waals surface area (Å²) >= 11 is 0. The summed E-state index contributed by atoms with van der Waals surface area (Å²) in [6.07, 6.45) is 13.2. The largest absolute Gasteiger partial charge is 0.366 e. The van der Waals surface area contributed by atoms with Crippen molar-refractivity contribution in [1.29, 1.82) is 0 Å². The Kier molecular flexibility index (Phi) is 12.9. The van der Waals surface area contributed by atoms with Crippen molar-refractivity contribution in [2.45, 2.75) is 90.3 Å². The first-order valence-electron chi connectivity index (χ1n) is 7.11. The van der Waals surface area contributed by atoms with E-state index in [0.29, 0.717) is 6.42 Å². The van der Waals surface area contributed by atoms with E-state index in [-0.39, 0.29) is 0 Å². The van der Waals surface area contributed by atoms with Gasteiger partial charge in [0.05, 0.1) is 0 Å². The van der Waals surface area contributed by atoms with Crippen molar-refractivity contribution in [3.05, 3.63) is 0 Å². The standard InChI is InChI=1S/C14H29O2/c1-2-3-4-5-6-7-8-9-10-11-12-13-14(15)16/h14-15H,2-13H2,1H3. The van der Waals surface area contributed by atoms with Crippen LogP contribution in [0.4, 0.5) is 0 Å². The molecule has 2 heteroatoms. The van der Waals surface area contributed by atoms with E-state index in [9.17, 15) is 5.11 Å². The quantitative estimate of drug-likeness (QED) is 0.390. The van der Waals surface area contributed by atoms with Gasteiger partial charge in [0.25, 0.3) is 0 Å². The SMILES string of the molecule is CCCCCCCCCCCCCC([O])O. The van der Waals surface area contributed by atoms with Crippen LogP contribution >= 0.6 is 0 Å². The predicted molar refractivity (Wildman–Crippen MR) is 67.8 cm³/mol. The van der Waals surface area contributed by atoms with E-state index >= 15 is 0 Å². The normalized spacial score (nSPS) is 11.2. The first-order chi connectivity index (χ1) is 7.77. The lowest BCUT2D eigenvalue weighted by Crippen LogP contribution is -2.00. The fraction of sp³-hybridized carbons (Fsp3) is 1.00. The highest BCUT2D eigenvalue weighted by Gasteiger charge is 1.98. The van der Waals surface area contributed by atoms with Crippen LogP contribution in [0.25, 0.3) is 0 Å². The molecule has 0 aromatic heterocycles. The zero-order valence-corrected chi connectivity index (χ0v) is 10.9. The molecular weight excluding hydrogens is 200 g/mol.